The third-order valence-corrected chi connectivity index (χ3v) is 4.72. The van der Waals surface area contributed by atoms with Crippen LogP contribution < -0.4 is 4.74 Å². The fourth-order valence-electron chi connectivity index (χ4n) is 2.16. The minimum Gasteiger partial charge on any atom is -0.496 e. The van der Waals surface area contributed by atoms with Crippen molar-refractivity contribution in [1.29, 1.82) is 0 Å². The summed E-state index contributed by atoms with van der Waals surface area (Å²) in [5, 5.41) is 10.3. The lowest BCUT2D eigenvalue weighted by Crippen LogP contribution is -2.20. The summed E-state index contributed by atoms with van der Waals surface area (Å²) in [5.41, 5.74) is 3.41. The Bertz CT molecular complexity index is 507. The molecule has 0 fully saturated rings. The fraction of sp³-hybridized carbons (Fsp3) is 0.533. The molecule has 1 aromatic rings. The van der Waals surface area contributed by atoms with E-state index in [2.05, 4.69) is 15.9 Å². The van der Waals surface area contributed by atoms with Gasteiger partial charge in [-0.05, 0) is 37.5 Å². The highest BCUT2D eigenvalue weighted by Gasteiger charge is 2.28. The standard InChI is InChI=1S/C15H21BrO3/c1-7(2)13(17)14(18)11-10(5)12(16)8(3)9(4)15(11)19-6/h7,14,18H,1-6H3. The van der Waals surface area contributed by atoms with Crippen LogP contribution in [-0.4, -0.2) is 18.0 Å². The van der Waals surface area contributed by atoms with Crippen LogP contribution in [-0.2, 0) is 4.79 Å². The van der Waals surface area contributed by atoms with E-state index in [0.29, 0.717) is 11.3 Å². The summed E-state index contributed by atoms with van der Waals surface area (Å²) >= 11 is 3.52. The smallest absolute Gasteiger partial charge is 0.168 e. The maximum absolute atomic E-state index is 12.1. The van der Waals surface area contributed by atoms with Crippen molar-refractivity contribution in [3.8, 4) is 5.75 Å². The molecule has 3 nitrogen and oxygen atoms in total. The molecule has 19 heavy (non-hydrogen) atoms. The van der Waals surface area contributed by atoms with Crippen molar-refractivity contribution in [3.63, 3.8) is 0 Å². The monoisotopic (exact) mass is 328 g/mol. The average Bonchev–Trinajstić information content (AvgIpc) is 2.38. The number of halogens is 1. The van der Waals surface area contributed by atoms with E-state index >= 15 is 0 Å². The van der Waals surface area contributed by atoms with Crippen molar-refractivity contribution >= 4 is 21.7 Å². The average molecular weight is 329 g/mol. The van der Waals surface area contributed by atoms with Gasteiger partial charge in [-0.15, -0.1) is 0 Å². The predicted molar refractivity (Wildman–Crippen MR) is 79.7 cm³/mol. The van der Waals surface area contributed by atoms with E-state index in [0.717, 1.165) is 21.2 Å². The van der Waals surface area contributed by atoms with E-state index in [1.807, 2.05) is 20.8 Å². The second-order valence-corrected chi connectivity index (χ2v) is 5.89. The Morgan fingerprint density at radius 2 is 1.68 bits per heavy atom. The molecule has 1 N–H and O–H groups in total. The van der Waals surface area contributed by atoms with Crippen molar-refractivity contribution in [2.75, 3.05) is 7.11 Å². The van der Waals surface area contributed by atoms with Gasteiger partial charge in [0.15, 0.2) is 5.78 Å². The van der Waals surface area contributed by atoms with E-state index in [-0.39, 0.29) is 11.7 Å². The Kier molecular flexibility index (Phi) is 5.16. The molecule has 1 rings (SSSR count). The van der Waals surface area contributed by atoms with Crippen molar-refractivity contribution in [2.24, 2.45) is 5.92 Å². The van der Waals surface area contributed by atoms with E-state index in [1.54, 1.807) is 21.0 Å². The van der Waals surface area contributed by atoms with Crippen LogP contribution in [0.3, 0.4) is 0 Å². The number of carbonyl (C=O) groups excluding carboxylic acids is 1. The van der Waals surface area contributed by atoms with Gasteiger partial charge < -0.3 is 9.84 Å². The van der Waals surface area contributed by atoms with Crippen LogP contribution in [0.25, 0.3) is 0 Å². The largest absolute Gasteiger partial charge is 0.496 e. The molecule has 106 valence electrons. The highest BCUT2D eigenvalue weighted by atomic mass is 79.9. The van der Waals surface area contributed by atoms with Gasteiger partial charge in [0.05, 0.1) is 7.11 Å². The van der Waals surface area contributed by atoms with Gasteiger partial charge in [-0.3, -0.25) is 4.79 Å². The van der Waals surface area contributed by atoms with Crippen LogP contribution in [0.4, 0.5) is 0 Å². The summed E-state index contributed by atoms with van der Waals surface area (Å²) < 4.78 is 6.32. The summed E-state index contributed by atoms with van der Waals surface area (Å²) in [4.78, 5) is 12.1. The van der Waals surface area contributed by atoms with Crippen LogP contribution in [0.2, 0.25) is 0 Å². The molecule has 0 heterocycles. The second kappa shape index (κ2) is 6.06. The molecule has 1 atom stereocenters. The Morgan fingerprint density at radius 1 is 1.16 bits per heavy atom. The van der Waals surface area contributed by atoms with Crippen LogP contribution in [0.1, 0.15) is 42.2 Å². The number of rotatable bonds is 4. The molecule has 0 saturated carbocycles. The lowest BCUT2D eigenvalue weighted by Gasteiger charge is -2.22. The lowest BCUT2D eigenvalue weighted by molar-refractivity contribution is -0.130. The number of Topliss-reactive ketones (excluding diaryl/α,β-unsaturated/α-hetero) is 1. The number of hydrogen-bond donors (Lipinski definition) is 1. The highest BCUT2D eigenvalue weighted by Crippen LogP contribution is 2.40. The minimum atomic E-state index is -1.15. The number of aliphatic hydroxyl groups excluding tert-OH is 1. The molecular weight excluding hydrogens is 308 g/mol. The number of benzene rings is 1. The molecule has 0 aliphatic rings. The Morgan fingerprint density at radius 3 is 2.11 bits per heavy atom. The maximum Gasteiger partial charge on any atom is 0.168 e. The first-order chi connectivity index (χ1) is 8.73. The Labute approximate surface area is 123 Å². The molecule has 0 bridgehead atoms. The molecule has 0 aliphatic heterocycles. The summed E-state index contributed by atoms with van der Waals surface area (Å²) in [6.45, 7) is 9.35. The number of ketones is 1. The van der Waals surface area contributed by atoms with Crippen LogP contribution in [0.15, 0.2) is 4.47 Å². The van der Waals surface area contributed by atoms with Gasteiger partial charge in [0.25, 0.3) is 0 Å². The van der Waals surface area contributed by atoms with Gasteiger partial charge in [0.1, 0.15) is 11.9 Å². The molecule has 1 aromatic carbocycles. The van der Waals surface area contributed by atoms with Gasteiger partial charge >= 0.3 is 0 Å². The third-order valence-electron chi connectivity index (χ3n) is 3.53. The predicted octanol–water partition coefficient (Wildman–Crippen LogP) is 3.64. The van der Waals surface area contributed by atoms with Crippen molar-refractivity contribution in [1.82, 2.24) is 0 Å². The third kappa shape index (κ3) is 2.84. The SMILES string of the molecule is COc1c(C)c(C)c(Br)c(C)c1C(O)C(=O)C(C)C. The van der Waals surface area contributed by atoms with Crippen molar-refractivity contribution in [3.05, 3.63) is 26.7 Å². The molecular formula is C15H21BrO3. The number of aliphatic hydroxyl groups is 1. The van der Waals surface area contributed by atoms with E-state index in [1.165, 1.54) is 0 Å². The molecule has 0 aliphatic carbocycles. The molecule has 4 heteroatoms. The van der Waals surface area contributed by atoms with E-state index < -0.39 is 6.10 Å². The number of methoxy groups -OCH3 is 1. The first kappa shape index (κ1) is 16.2. The van der Waals surface area contributed by atoms with Gasteiger partial charge in [-0.25, -0.2) is 0 Å². The lowest BCUT2D eigenvalue weighted by atomic mass is 9.90. The van der Waals surface area contributed by atoms with E-state index in [4.69, 9.17) is 4.74 Å². The quantitative estimate of drug-likeness (QED) is 0.917. The van der Waals surface area contributed by atoms with Crippen LogP contribution in [0, 0.1) is 26.7 Å². The first-order valence-corrected chi connectivity index (χ1v) is 7.08. The van der Waals surface area contributed by atoms with Crippen LogP contribution >= 0.6 is 15.9 Å². The van der Waals surface area contributed by atoms with E-state index in [9.17, 15) is 9.90 Å². The molecule has 0 aromatic heterocycles. The first-order valence-electron chi connectivity index (χ1n) is 6.28. The normalized spacial score (nSPS) is 12.7. The van der Waals surface area contributed by atoms with Crippen LogP contribution in [0.5, 0.6) is 5.75 Å². The summed E-state index contributed by atoms with van der Waals surface area (Å²) in [6.07, 6.45) is -1.15. The zero-order chi connectivity index (χ0) is 14.9. The summed E-state index contributed by atoms with van der Waals surface area (Å²) in [5.74, 6) is 0.177. The van der Waals surface area contributed by atoms with Crippen molar-refractivity contribution < 1.29 is 14.6 Å². The zero-order valence-electron chi connectivity index (χ0n) is 12.3. The summed E-state index contributed by atoms with van der Waals surface area (Å²) in [7, 11) is 1.56. The number of ether oxygens (including phenoxy) is 1. The molecule has 0 spiro atoms. The highest BCUT2D eigenvalue weighted by molar-refractivity contribution is 9.10. The maximum atomic E-state index is 12.1. The van der Waals surface area contributed by atoms with Gasteiger partial charge in [-0.2, -0.15) is 0 Å². The number of hydrogen-bond acceptors (Lipinski definition) is 3. The van der Waals surface area contributed by atoms with Gasteiger partial charge in [0, 0.05) is 16.0 Å². The van der Waals surface area contributed by atoms with Gasteiger partial charge in [0.2, 0.25) is 0 Å². The minimum absolute atomic E-state index is 0.198. The Hall–Kier alpha value is -0.870. The van der Waals surface area contributed by atoms with Gasteiger partial charge in [-0.1, -0.05) is 29.8 Å². The molecule has 0 saturated heterocycles. The molecule has 1 unspecified atom stereocenters. The fourth-order valence-corrected chi connectivity index (χ4v) is 2.67. The molecule has 0 radical (unpaired) electrons. The zero-order valence-corrected chi connectivity index (χ0v) is 13.9. The summed E-state index contributed by atoms with van der Waals surface area (Å²) in [6, 6.07) is 0. The topological polar surface area (TPSA) is 46.5 Å². The molecule has 0 amide bonds. The van der Waals surface area contributed by atoms with Crippen molar-refractivity contribution in [2.45, 2.75) is 40.7 Å². The Balaban J connectivity index is 3.54. The second-order valence-electron chi connectivity index (χ2n) is 5.10. The number of carbonyl (C=O) groups is 1.